The van der Waals surface area contributed by atoms with Gasteiger partial charge in [-0.05, 0) is 41.4 Å². The Hall–Kier alpha value is -0.150. The summed E-state index contributed by atoms with van der Waals surface area (Å²) < 4.78 is 27.1. The molecule has 0 fully saturated rings. The van der Waals surface area contributed by atoms with Crippen LogP contribution in [0, 0.1) is 0 Å². The normalized spacial score (nSPS) is 13.8. The summed E-state index contributed by atoms with van der Waals surface area (Å²) in [5.41, 5.74) is 5.96. The van der Waals surface area contributed by atoms with Crippen LogP contribution >= 0.6 is 31.9 Å². The first-order chi connectivity index (χ1) is 8.66. The zero-order chi connectivity index (χ0) is 14.8. The van der Waals surface area contributed by atoms with Gasteiger partial charge in [-0.15, -0.1) is 0 Å². The number of halogens is 2. The zero-order valence-electron chi connectivity index (χ0n) is 10.6. The Morgan fingerprint density at radius 1 is 1.42 bits per heavy atom. The van der Waals surface area contributed by atoms with Crippen LogP contribution in [0.4, 0.5) is 5.69 Å². The van der Waals surface area contributed by atoms with E-state index in [0.29, 0.717) is 15.4 Å². The molecule has 1 rings (SSSR count). The molecule has 0 aliphatic carbocycles. The van der Waals surface area contributed by atoms with E-state index in [2.05, 4.69) is 31.9 Å². The van der Waals surface area contributed by atoms with Gasteiger partial charge in [-0.3, -0.25) is 0 Å². The van der Waals surface area contributed by atoms with E-state index in [0.717, 1.165) is 0 Å². The van der Waals surface area contributed by atoms with Crippen molar-refractivity contribution >= 4 is 47.6 Å². The van der Waals surface area contributed by atoms with Gasteiger partial charge in [-0.1, -0.05) is 15.9 Å². The first-order valence-electron chi connectivity index (χ1n) is 5.55. The molecule has 0 aliphatic heterocycles. The van der Waals surface area contributed by atoms with Crippen molar-refractivity contribution in [2.45, 2.75) is 24.3 Å². The molecule has 1 aromatic rings. The molecule has 1 aromatic carbocycles. The molecule has 0 heterocycles. The Morgan fingerprint density at radius 3 is 2.47 bits per heavy atom. The predicted octanol–water partition coefficient (Wildman–Crippen LogP) is 2.19. The highest BCUT2D eigenvalue weighted by Crippen LogP contribution is 2.33. The van der Waals surface area contributed by atoms with E-state index >= 15 is 0 Å². The van der Waals surface area contributed by atoms with Gasteiger partial charge in [0.15, 0.2) is 0 Å². The molecule has 0 saturated heterocycles. The predicted molar refractivity (Wildman–Crippen MR) is 82.4 cm³/mol. The average Bonchev–Trinajstić information content (AvgIpc) is 2.23. The quantitative estimate of drug-likeness (QED) is 0.722. The number of hydrogen-bond acceptors (Lipinski definition) is 4. The third-order valence-corrected chi connectivity index (χ3v) is 5.89. The molecule has 0 bridgehead atoms. The summed E-state index contributed by atoms with van der Waals surface area (Å²) in [6.45, 7) is 1.84. The first kappa shape index (κ1) is 16.9. The van der Waals surface area contributed by atoms with E-state index in [1.165, 1.54) is 11.4 Å². The fourth-order valence-electron chi connectivity index (χ4n) is 1.50. The maximum atomic E-state index is 12.4. The van der Waals surface area contributed by atoms with E-state index in [-0.39, 0.29) is 17.1 Å². The van der Waals surface area contributed by atoms with Crippen molar-refractivity contribution < 1.29 is 13.5 Å². The third-order valence-electron chi connectivity index (χ3n) is 2.57. The summed E-state index contributed by atoms with van der Waals surface area (Å²) in [5, 5.41) is 9.22. The van der Waals surface area contributed by atoms with Gasteiger partial charge >= 0.3 is 0 Å². The molecule has 1 unspecified atom stereocenters. The third kappa shape index (κ3) is 4.16. The molecule has 0 spiro atoms. The lowest BCUT2D eigenvalue weighted by atomic mass is 10.3. The minimum Gasteiger partial charge on any atom is -0.398 e. The van der Waals surface area contributed by atoms with E-state index in [4.69, 9.17) is 5.73 Å². The molecule has 8 heteroatoms. The van der Waals surface area contributed by atoms with E-state index in [1.54, 1.807) is 19.1 Å². The second kappa shape index (κ2) is 6.53. The van der Waals surface area contributed by atoms with Crippen molar-refractivity contribution in [1.29, 1.82) is 0 Å². The highest BCUT2D eigenvalue weighted by molar-refractivity contribution is 9.11. The summed E-state index contributed by atoms with van der Waals surface area (Å²) in [7, 11) is -2.22. The molecule has 0 amide bonds. The van der Waals surface area contributed by atoms with Gasteiger partial charge in [0.2, 0.25) is 10.0 Å². The topological polar surface area (TPSA) is 83.6 Å². The molecule has 0 saturated carbocycles. The molecule has 5 nitrogen and oxygen atoms in total. The fourth-order valence-corrected chi connectivity index (χ4v) is 4.69. The van der Waals surface area contributed by atoms with Crippen LogP contribution in [-0.4, -0.2) is 37.5 Å². The summed E-state index contributed by atoms with van der Waals surface area (Å²) >= 11 is 6.47. The number of hydrogen-bond donors (Lipinski definition) is 2. The molecule has 0 radical (unpaired) electrons. The molecule has 0 aromatic heterocycles. The number of aliphatic hydroxyl groups excluding tert-OH is 1. The number of sulfonamides is 1. The smallest absolute Gasteiger partial charge is 0.245 e. The molecule has 3 N–H and O–H groups in total. The van der Waals surface area contributed by atoms with Crippen molar-refractivity contribution in [3.8, 4) is 0 Å². The molecular weight excluding hydrogens is 400 g/mol. The maximum absolute atomic E-state index is 12.4. The number of aliphatic hydroxyl groups is 1. The lowest BCUT2D eigenvalue weighted by Crippen LogP contribution is -2.30. The van der Waals surface area contributed by atoms with Crippen molar-refractivity contribution in [3.05, 3.63) is 21.1 Å². The highest BCUT2D eigenvalue weighted by Gasteiger charge is 2.26. The Morgan fingerprint density at radius 2 is 2.00 bits per heavy atom. The number of anilines is 1. The zero-order valence-corrected chi connectivity index (χ0v) is 14.6. The van der Waals surface area contributed by atoms with Gasteiger partial charge in [0.1, 0.15) is 4.90 Å². The molecule has 1 atom stereocenters. The Bertz CT molecular complexity index is 538. The largest absolute Gasteiger partial charge is 0.398 e. The minimum absolute atomic E-state index is 0.0452. The van der Waals surface area contributed by atoms with Crippen LogP contribution in [-0.2, 0) is 10.0 Å². The van der Waals surface area contributed by atoms with Crippen LogP contribution in [0.25, 0.3) is 0 Å². The minimum atomic E-state index is -3.68. The SMILES string of the molecule is CC(O)CCN(C)S(=O)(=O)c1c(N)cc(Br)cc1Br. The van der Waals surface area contributed by atoms with Crippen LogP contribution in [0.15, 0.2) is 26.0 Å². The van der Waals surface area contributed by atoms with Crippen LogP contribution < -0.4 is 5.73 Å². The van der Waals surface area contributed by atoms with Crippen molar-refractivity contribution in [2.75, 3.05) is 19.3 Å². The number of nitrogens with zero attached hydrogens (tertiary/aromatic N) is 1. The average molecular weight is 416 g/mol. The lowest BCUT2D eigenvalue weighted by molar-refractivity contribution is 0.177. The van der Waals surface area contributed by atoms with Crippen molar-refractivity contribution in [3.63, 3.8) is 0 Å². The van der Waals surface area contributed by atoms with Crippen LogP contribution in [0.2, 0.25) is 0 Å². The monoisotopic (exact) mass is 414 g/mol. The van der Waals surface area contributed by atoms with Gasteiger partial charge < -0.3 is 10.8 Å². The first-order valence-corrected chi connectivity index (χ1v) is 8.57. The Kier molecular flexibility index (Phi) is 5.81. The van der Waals surface area contributed by atoms with Gasteiger partial charge in [0.25, 0.3) is 0 Å². The molecular formula is C11H16Br2N2O3S. The molecule has 0 aliphatic rings. The number of nitrogens with two attached hydrogens (primary N) is 1. The summed E-state index contributed by atoms with van der Waals surface area (Å²) in [4.78, 5) is 0.0452. The number of nitrogen functional groups attached to an aromatic ring is 1. The molecule has 108 valence electrons. The van der Waals surface area contributed by atoms with Crippen LogP contribution in [0.1, 0.15) is 13.3 Å². The van der Waals surface area contributed by atoms with Crippen LogP contribution in [0.3, 0.4) is 0 Å². The number of benzene rings is 1. The number of rotatable bonds is 5. The second-order valence-corrected chi connectivity index (χ2v) is 8.02. The Labute approximate surface area is 130 Å². The standard InChI is InChI=1S/C11H16Br2N2O3S/c1-7(16)3-4-15(2)19(17,18)11-9(13)5-8(12)6-10(11)14/h5-7,16H,3-4,14H2,1-2H3. The second-order valence-electron chi connectivity index (χ2n) is 4.27. The van der Waals surface area contributed by atoms with Crippen molar-refractivity contribution in [1.82, 2.24) is 4.31 Å². The maximum Gasteiger partial charge on any atom is 0.245 e. The molecule has 19 heavy (non-hydrogen) atoms. The van der Waals surface area contributed by atoms with Gasteiger partial charge in [0, 0.05) is 22.5 Å². The summed E-state index contributed by atoms with van der Waals surface area (Å²) in [6, 6.07) is 3.17. The lowest BCUT2D eigenvalue weighted by Gasteiger charge is -2.20. The van der Waals surface area contributed by atoms with E-state index < -0.39 is 16.1 Å². The van der Waals surface area contributed by atoms with E-state index in [1.807, 2.05) is 0 Å². The highest BCUT2D eigenvalue weighted by atomic mass is 79.9. The van der Waals surface area contributed by atoms with Gasteiger partial charge in [-0.2, -0.15) is 0 Å². The fraction of sp³-hybridized carbons (Fsp3) is 0.455. The van der Waals surface area contributed by atoms with Gasteiger partial charge in [-0.25, -0.2) is 12.7 Å². The Balaban J connectivity index is 3.14. The summed E-state index contributed by atoms with van der Waals surface area (Å²) in [5.74, 6) is 0. The summed E-state index contributed by atoms with van der Waals surface area (Å²) in [6.07, 6.45) is -0.188. The van der Waals surface area contributed by atoms with E-state index in [9.17, 15) is 13.5 Å². The van der Waals surface area contributed by atoms with Gasteiger partial charge in [0.05, 0.1) is 11.8 Å². The van der Waals surface area contributed by atoms with Crippen molar-refractivity contribution in [2.24, 2.45) is 0 Å². The van der Waals surface area contributed by atoms with Crippen LogP contribution in [0.5, 0.6) is 0 Å².